The highest BCUT2D eigenvalue weighted by molar-refractivity contribution is 5.92. The maximum absolute atomic E-state index is 12.7. The van der Waals surface area contributed by atoms with Gasteiger partial charge in [0.05, 0.1) is 34.5 Å². The Bertz CT molecular complexity index is 859. The predicted molar refractivity (Wildman–Crippen MR) is 118 cm³/mol. The van der Waals surface area contributed by atoms with Crippen LogP contribution in [-0.2, 0) is 4.79 Å². The van der Waals surface area contributed by atoms with Crippen LogP contribution in [0.2, 0.25) is 0 Å². The van der Waals surface area contributed by atoms with Gasteiger partial charge in [-0.25, -0.2) is 0 Å². The van der Waals surface area contributed by atoms with E-state index in [1.165, 1.54) is 6.08 Å². The Morgan fingerprint density at radius 1 is 0.900 bits per heavy atom. The average Bonchev–Trinajstić information content (AvgIpc) is 2.76. The van der Waals surface area contributed by atoms with Gasteiger partial charge in [0.1, 0.15) is 5.75 Å². The SMILES string of the molecule is COc1ccc(C(CC(C)C)NC(=O)/C=C/c2ccc(OC)c(OC)c2OC)cc1. The van der Waals surface area contributed by atoms with Crippen LogP contribution < -0.4 is 24.3 Å². The number of hydrogen-bond donors (Lipinski definition) is 1. The molecule has 0 aliphatic heterocycles. The van der Waals surface area contributed by atoms with Gasteiger partial charge in [0.2, 0.25) is 11.7 Å². The van der Waals surface area contributed by atoms with Gasteiger partial charge in [-0.1, -0.05) is 26.0 Å². The fraction of sp³-hybridized carbons (Fsp3) is 0.375. The number of carbonyl (C=O) groups is 1. The number of hydrogen-bond acceptors (Lipinski definition) is 5. The topological polar surface area (TPSA) is 66.0 Å². The first kappa shape index (κ1) is 23.1. The zero-order valence-corrected chi connectivity index (χ0v) is 18.5. The quantitative estimate of drug-likeness (QED) is 0.575. The zero-order chi connectivity index (χ0) is 22.1. The third kappa shape index (κ3) is 5.92. The Balaban J connectivity index is 2.21. The second kappa shape index (κ2) is 11.1. The highest BCUT2D eigenvalue weighted by atomic mass is 16.5. The minimum absolute atomic E-state index is 0.0969. The maximum Gasteiger partial charge on any atom is 0.244 e. The average molecular weight is 414 g/mol. The van der Waals surface area contributed by atoms with Crippen molar-refractivity contribution in [3.8, 4) is 23.0 Å². The van der Waals surface area contributed by atoms with E-state index < -0.39 is 0 Å². The lowest BCUT2D eigenvalue weighted by molar-refractivity contribution is -0.117. The molecule has 2 aromatic carbocycles. The summed E-state index contributed by atoms with van der Waals surface area (Å²) >= 11 is 0. The Kier molecular flexibility index (Phi) is 8.59. The van der Waals surface area contributed by atoms with Gasteiger partial charge < -0.3 is 24.3 Å². The molecule has 1 unspecified atom stereocenters. The van der Waals surface area contributed by atoms with Crippen LogP contribution in [0.3, 0.4) is 0 Å². The van der Waals surface area contributed by atoms with Gasteiger partial charge in [-0.3, -0.25) is 4.79 Å². The van der Waals surface area contributed by atoms with E-state index in [-0.39, 0.29) is 11.9 Å². The molecule has 0 fully saturated rings. The molecule has 2 rings (SSSR count). The molecule has 0 spiro atoms. The first-order valence-electron chi connectivity index (χ1n) is 9.84. The van der Waals surface area contributed by atoms with E-state index in [1.54, 1.807) is 40.6 Å². The molecule has 1 N–H and O–H groups in total. The molecule has 1 atom stereocenters. The van der Waals surface area contributed by atoms with E-state index in [1.807, 2.05) is 30.3 Å². The molecule has 30 heavy (non-hydrogen) atoms. The van der Waals surface area contributed by atoms with Crippen LogP contribution in [0.25, 0.3) is 6.08 Å². The van der Waals surface area contributed by atoms with Gasteiger partial charge in [0.15, 0.2) is 11.5 Å². The third-order valence-electron chi connectivity index (χ3n) is 4.69. The van der Waals surface area contributed by atoms with E-state index >= 15 is 0 Å². The number of carbonyl (C=O) groups excluding carboxylic acids is 1. The van der Waals surface area contributed by atoms with E-state index in [9.17, 15) is 4.79 Å². The highest BCUT2D eigenvalue weighted by Gasteiger charge is 2.17. The van der Waals surface area contributed by atoms with Crippen molar-refractivity contribution in [2.75, 3.05) is 28.4 Å². The second-order valence-electron chi connectivity index (χ2n) is 7.22. The summed E-state index contributed by atoms with van der Waals surface area (Å²) in [6.07, 6.45) is 4.03. The summed E-state index contributed by atoms with van der Waals surface area (Å²) in [5.74, 6) is 2.58. The van der Waals surface area contributed by atoms with Crippen molar-refractivity contribution in [3.63, 3.8) is 0 Å². The van der Waals surface area contributed by atoms with Gasteiger partial charge in [-0.15, -0.1) is 0 Å². The second-order valence-corrected chi connectivity index (χ2v) is 7.22. The minimum Gasteiger partial charge on any atom is -0.497 e. The summed E-state index contributed by atoms with van der Waals surface area (Å²) in [6.45, 7) is 4.26. The maximum atomic E-state index is 12.7. The molecule has 0 aromatic heterocycles. The van der Waals surface area contributed by atoms with Crippen molar-refractivity contribution in [1.29, 1.82) is 0 Å². The van der Waals surface area contributed by atoms with Gasteiger partial charge in [-0.05, 0) is 48.2 Å². The predicted octanol–water partition coefficient (Wildman–Crippen LogP) is 4.64. The van der Waals surface area contributed by atoms with Crippen LogP contribution in [0.4, 0.5) is 0 Å². The molecule has 0 saturated carbocycles. The summed E-state index contributed by atoms with van der Waals surface area (Å²) in [6, 6.07) is 11.3. The molecule has 0 radical (unpaired) electrons. The smallest absolute Gasteiger partial charge is 0.244 e. The summed E-state index contributed by atoms with van der Waals surface area (Å²) in [5.41, 5.74) is 1.75. The summed E-state index contributed by atoms with van der Waals surface area (Å²) in [7, 11) is 6.30. The van der Waals surface area contributed by atoms with E-state index in [2.05, 4.69) is 19.2 Å². The van der Waals surface area contributed by atoms with Crippen LogP contribution >= 0.6 is 0 Å². The molecular formula is C24H31NO5. The molecular weight excluding hydrogens is 382 g/mol. The zero-order valence-electron chi connectivity index (χ0n) is 18.5. The number of methoxy groups -OCH3 is 4. The van der Waals surface area contributed by atoms with Crippen molar-refractivity contribution in [3.05, 3.63) is 53.6 Å². The van der Waals surface area contributed by atoms with Crippen molar-refractivity contribution >= 4 is 12.0 Å². The lowest BCUT2D eigenvalue weighted by atomic mass is 9.97. The van der Waals surface area contributed by atoms with Crippen molar-refractivity contribution < 1.29 is 23.7 Å². The number of rotatable bonds is 10. The molecule has 0 aliphatic carbocycles. The van der Waals surface area contributed by atoms with Crippen molar-refractivity contribution in [2.24, 2.45) is 5.92 Å². The van der Waals surface area contributed by atoms with Crippen LogP contribution in [0, 0.1) is 5.92 Å². The number of amides is 1. The highest BCUT2D eigenvalue weighted by Crippen LogP contribution is 2.40. The number of nitrogens with one attached hydrogen (secondary N) is 1. The van der Waals surface area contributed by atoms with Crippen LogP contribution in [0.1, 0.15) is 37.4 Å². The lowest BCUT2D eigenvalue weighted by Crippen LogP contribution is -2.28. The molecule has 0 saturated heterocycles. The molecule has 1 amide bonds. The monoisotopic (exact) mass is 413 g/mol. The molecule has 6 heteroatoms. The summed E-state index contributed by atoms with van der Waals surface area (Å²) < 4.78 is 21.4. The first-order valence-corrected chi connectivity index (χ1v) is 9.84. The Labute approximate surface area is 178 Å². The molecule has 0 bridgehead atoms. The summed E-state index contributed by atoms with van der Waals surface area (Å²) in [5, 5.41) is 3.10. The summed E-state index contributed by atoms with van der Waals surface area (Å²) in [4.78, 5) is 12.7. The van der Waals surface area contributed by atoms with Gasteiger partial charge >= 0.3 is 0 Å². The molecule has 162 valence electrons. The normalized spacial score (nSPS) is 12.0. The molecule has 0 aliphatic rings. The number of benzene rings is 2. The fourth-order valence-electron chi connectivity index (χ4n) is 3.23. The van der Waals surface area contributed by atoms with Crippen molar-refractivity contribution in [2.45, 2.75) is 26.3 Å². The van der Waals surface area contributed by atoms with Crippen LogP contribution in [0.15, 0.2) is 42.5 Å². The Morgan fingerprint density at radius 2 is 1.57 bits per heavy atom. The lowest BCUT2D eigenvalue weighted by Gasteiger charge is -2.21. The molecule has 6 nitrogen and oxygen atoms in total. The van der Waals surface area contributed by atoms with E-state index in [0.717, 1.165) is 23.3 Å². The standard InChI is InChI=1S/C24H31NO5/c1-16(2)15-20(17-7-11-19(27-3)12-8-17)25-22(26)14-10-18-9-13-21(28-4)24(30-6)23(18)29-5/h7-14,16,20H,15H2,1-6H3,(H,25,26)/b14-10+. The largest absolute Gasteiger partial charge is 0.497 e. The van der Waals surface area contributed by atoms with Gasteiger partial charge in [0, 0.05) is 11.6 Å². The van der Waals surface area contributed by atoms with E-state index in [4.69, 9.17) is 18.9 Å². The Hall–Kier alpha value is -3.15. The number of ether oxygens (including phenoxy) is 4. The van der Waals surface area contributed by atoms with Gasteiger partial charge in [0.25, 0.3) is 0 Å². The third-order valence-corrected chi connectivity index (χ3v) is 4.69. The minimum atomic E-state index is -0.187. The van der Waals surface area contributed by atoms with Crippen LogP contribution in [-0.4, -0.2) is 34.3 Å². The fourth-order valence-corrected chi connectivity index (χ4v) is 3.23. The molecule has 2 aromatic rings. The van der Waals surface area contributed by atoms with Gasteiger partial charge in [-0.2, -0.15) is 0 Å². The van der Waals surface area contributed by atoms with E-state index in [0.29, 0.717) is 23.2 Å². The van der Waals surface area contributed by atoms with Crippen LogP contribution in [0.5, 0.6) is 23.0 Å². The van der Waals surface area contributed by atoms with Crippen molar-refractivity contribution in [1.82, 2.24) is 5.32 Å². The first-order chi connectivity index (χ1) is 14.4. The molecule has 0 heterocycles. The Morgan fingerprint density at radius 3 is 2.10 bits per heavy atom.